The van der Waals surface area contributed by atoms with Crippen LogP contribution in [0.1, 0.15) is 36.7 Å². The summed E-state index contributed by atoms with van der Waals surface area (Å²) in [6.45, 7) is 5.66. The van der Waals surface area contributed by atoms with Crippen molar-refractivity contribution in [3.8, 4) is 5.75 Å². The number of fused-ring (bicyclic) bond motifs is 1. The monoisotopic (exact) mass is 275 g/mol. The summed E-state index contributed by atoms with van der Waals surface area (Å²) in [5.41, 5.74) is 0.388. The molecule has 106 valence electrons. The van der Waals surface area contributed by atoms with E-state index in [0.29, 0.717) is 28.6 Å². The number of carboxylic acids is 1. The van der Waals surface area contributed by atoms with Gasteiger partial charge in [0.15, 0.2) is 0 Å². The van der Waals surface area contributed by atoms with E-state index in [9.17, 15) is 14.7 Å². The fourth-order valence-corrected chi connectivity index (χ4v) is 2.28. The molecule has 0 amide bonds. The topological polar surface area (TPSA) is 79.4 Å². The van der Waals surface area contributed by atoms with Crippen molar-refractivity contribution in [2.75, 3.05) is 0 Å². The average Bonchev–Trinajstić information content (AvgIpc) is 2.36. The van der Waals surface area contributed by atoms with E-state index in [-0.39, 0.29) is 11.7 Å². The molecule has 0 radical (unpaired) electrons. The number of hydrogen-bond donors (Lipinski definition) is 2. The maximum Gasteiger partial charge on any atom is 0.341 e. The molecule has 1 aromatic heterocycles. The zero-order valence-electron chi connectivity index (χ0n) is 11.7. The second kappa shape index (κ2) is 5.36. The van der Waals surface area contributed by atoms with E-state index >= 15 is 0 Å². The Bertz CT molecular complexity index is 716. The number of aromatic amines is 1. The molecule has 5 heteroatoms. The number of benzene rings is 1. The Balaban J connectivity index is 2.75. The molecule has 0 saturated heterocycles. The van der Waals surface area contributed by atoms with Crippen molar-refractivity contribution < 1.29 is 14.6 Å². The smallest absolute Gasteiger partial charge is 0.341 e. The van der Waals surface area contributed by atoms with Gasteiger partial charge < -0.3 is 14.8 Å². The van der Waals surface area contributed by atoms with E-state index in [2.05, 4.69) is 4.98 Å². The molecule has 5 nitrogen and oxygen atoms in total. The molecule has 0 saturated carbocycles. The number of aryl methyl sites for hydroxylation is 1. The molecular weight excluding hydrogens is 258 g/mol. The van der Waals surface area contributed by atoms with Crippen LogP contribution in [0.4, 0.5) is 0 Å². The van der Waals surface area contributed by atoms with Crippen LogP contribution in [0.15, 0.2) is 23.0 Å². The minimum atomic E-state index is -1.21. The van der Waals surface area contributed by atoms with Crippen molar-refractivity contribution in [1.29, 1.82) is 0 Å². The fourth-order valence-electron chi connectivity index (χ4n) is 2.28. The summed E-state index contributed by atoms with van der Waals surface area (Å²) >= 11 is 0. The van der Waals surface area contributed by atoms with Crippen LogP contribution in [-0.4, -0.2) is 22.2 Å². The molecular formula is C15H17NO4. The van der Waals surface area contributed by atoms with Crippen molar-refractivity contribution in [3.63, 3.8) is 0 Å². The van der Waals surface area contributed by atoms with Crippen LogP contribution in [0.3, 0.4) is 0 Å². The quantitative estimate of drug-likeness (QED) is 0.898. The molecule has 0 aliphatic heterocycles. The van der Waals surface area contributed by atoms with Crippen LogP contribution >= 0.6 is 0 Å². The highest BCUT2D eigenvalue weighted by molar-refractivity contribution is 5.96. The van der Waals surface area contributed by atoms with Crippen molar-refractivity contribution >= 4 is 16.9 Å². The first-order valence-electron chi connectivity index (χ1n) is 6.53. The molecule has 0 aliphatic carbocycles. The number of hydrogen-bond acceptors (Lipinski definition) is 3. The van der Waals surface area contributed by atoms with Crippen LogP contribution in [0.25, 0.3) is 10.9 Å². The van der Waals surface area contributed by atoms with Gasteiger partial charge in [0.2, 0.25) is 0 Å². The van der Waals surface area contributed by atoms with Gasteiger partial charge in [0.05, 0.1) is 6.10 Å². The zero-order chi connectivity index (χ0) is 14.9. The lowest BCUT2D eigenvalue weighted by atomic mass is 10.0. The number of pyridine rings is 1. The largest absolute Gasteiger partial charge is 0.491 e. The minimum Gasteiger partial charge on any atom is -0.491 e. The molecule has 2 rings (SSSR count). The van der Waals surface area contributed by atoms with Gasteiger partial charge in [-0.25, -0.2) is 4.79 Å². The number of aromatic nitrogens is 1. The first-order valence-corrected chi connectivity index (χ1v) is 6.53. The van der Waals surface area contributed by atoms with Gasteiger partial charge in [-0.1, -0.05) is 6.92 Å². The molecule has 0 aliphatic rings. The Kier molecular flexibility index (Phi) is 3.79. The van der Waals surface area contributed by atoms with Crippen molar-refractivity contribution in [2.24, 2.45) is 0 Å². The summed E-state index contributed by atoms with van der Waals surface area (Å²) in [6, 6.07) is 5.27. The van der Waals surface area contributed by atoms with E-state index in [1.165, 1.54) is 0 Å². The van der Waals surface area contributed by atoms with Gasteiger partial charge in [0.1, 0.15) is 11.3 Å². The predicted molar refractivity (Wildman–Crippen MR) is 76.7 cm³/mol. The van der Waals surface area contributed by atoms with Crippen LogP contribution < -0.4 is 10.3 Å². The molecule has 0 bridgehead atoms. The molecule has 2 N–H and O–H groups in total. The van der Waals surface area contributed by atoms with Crippen molar-refractivity contribution in [3.05, 3.63) is 39.7 Å². The van der Waals surface area contributed by atoms with Gasteiger partial charge >= 0.3 is 5.97 Å². The standard InChI is InChI=1S/C15H17NO4/c1-4-10-11-7-9(20-8(2)3)5-6-12(11)16-14(17)13(10)15(18)19/h5-8H,4H2,1-3H3,(H,16,17)(H,18,19). The number of ether oxygens (including phenoxy) is 1. The lowest BCUT2D eigenvalue weighted by Crippen LogP contribution is -2.20. The van der Waals surface area contributed by atoms with E-state index in [1.807, 2.05) is 20.8 Å². The summed E-state index contributed by atoms with van der Waals surface area (Å²) in [5.74, 6) is -0.550. The molecule has 1 heterocycles. The molecule has 2 aromatic rings. The highest BCUT2D eigenvalue weighted by atomic mass is 16.5. The van der Waals surface area contributed by atoms with Crippen molar-refractivity contribution in [2.45, 2.75) is 33.3 Å². The second-order valence-electron chi connectivity index (χ2n) is 4.84. The van der Waals surface area contributed by atoms with Crippen LogP contribution in [0, 0.1) is 0 Å². The lowest BCUT2D eigenvalue weighted by Gasteiger charge is -2.12. The Labute approximate surface area is 116 Å². The Morgan fingerprint density at radius 1 is 1.40 bits per heavy atom. The highest BCUT2D eigenvalue weighted by Crippen LogP contribution is 2.24. The first-order chi connectivity index (χ1) is 9.43. The van der Waals surface area contributed by atoms with Gasteiger partial charge in [-0.15, -0.1) is 0 Å². The number of H-pyrrole nitrogens is 1. The van der Waals surface area contributed by atoms with Gasteiger partial charge in [0, 0.05) is 10.9 Å². The van der Waals surface area contributed by atoms with E-state index in [0.717, 1.165) is 0 Å². The molecule has 0 unspecified atom stereocenters. The SMILES string of the molecule is CCc1c(C(=O)O)c(=O)[nH]c2ccc(OC(C)C)cc12. The van der Waals surface area contributed by atoms with E-state index < -0.39 is 11.5 Å². The number of rotatable bonds is 4. The van der Waals surface area contributed by atoms with Gasteiger partial charge in [-0.3, -0.25) is 4.79 Å². The summed E-state index contributed by atoms with van der Waals surface area (Å²) in [7, 11) is 0. The summed E-state index contributed by atoms with van der Waals surface area (Å²) < 4.78 is 5.61. The summed E-state index contributed by atoms with van der Waals surface area (Å²) in [4.78, 5) is 25.7. The van der Waals surface area contributed by atoms with Gasteiger partial charge in [-0.05, 0) is 44.0 Å². The van der Waals surface area contributed by atoms with Crippen LogP contribution in [0.2, 0.25) is 0 Å². The van der Waals surface area contributed by atoms with Crippen LogP contribution in [0.5, 0.6) is 5.75 Å². The second-order valence-corrected chi connectivity index (χ2v) is 4.84. The average molecular weight is 275 g/mol. The minimum absolute atomic E-state index is 0.0271. The third kappa shape index (κ3) is 2.52. The Hall–Kier alpha value is -2.30. The lowest BCUT2D eigenvalue weighted by molar-refractivity contribution is 0.0694. The highest BCUT2D eigenvalue weighted by Gasteiger charge is 2.17. The molecule has 20 heavy (non-hydrogen) atoms. The number of carbonyl (C=O) groups is 1. The summed E-state index contributed by atoms with van der Waals surface area (Å²) in [5, 5.41) is 9.91. The van der Waals surface area contributed by atoms with E-state index in [4.69, 9.17) is 4.74 Å². The maximum atomic E-state index is 11.8. The normalized spacial score (nSPS) is 11.0. The fraction of sp³-hybridized carbons (Fsp3) is 0.333. The molecule has 1 aromatic carbocycles. The maximum absolute atomic E-state index is 11.8. The third-order valence-corrected chi connectivity index (χ3v) is 3.03. The van der Waals surface area contributed by atoms with Crippen LogP contribution in [-0.2, 0) is 6.42 Å². The number of aromatic carboxylic acids is 1. The number of carboxylic acid groups (broad SMARTS) is 1. The number of nitrogens with one attached hydrogen (secondary N) is 1. The van der Waals surface area contributed by atoms with Crippen molar-refractivity contribution in [1.82, 2.24) is 4.98 Å². The molecule has 0 spiro atoms. The van der Waals surface area contributed by atoms with E-state index in [1.54, 1.807) is 18.2 Å². The molecule has 0 fully saturated rings. The van der Waals surface area contributed by atoms with Gasteiger partial charge in [-0.2, -0.15) is 0 Å². The third-order valence-electron chi connectivity index (χ3n) is 3.03. The van der Waals surface area contributed by atoms with Gasteiger partial charge in [0.25, 0.3) is 5.56 Å². The zero-order valence-corrected chi connectivity index (χ0v) is 11.7. The Morgan fingerprint density at radius 2 is 2.10 bits per heavy atom. The summed E-state index contributed by atoms with van der Waals surface area (Å²) in [6.07, 6.45) is 0.493. The predicted octanol–water partition coefficient (Wildman–Crippen LogP) is 2.58. The Morgan fingerprint density at radius 3 is 2.65 bits per heavy atom. The molecule has 0 atom stereocenters. The first kappa shape index (κ1) is 14.1.